The second-order valence-corrected chi connectivity index (χ2v) is 8.31. The number of amides is 1. The number of nitrogens with zero attached hydrogens (tertiary/aromatic N) is 3. The van der Waals surface area contributed by atoms with Crippen LogP contribution in [0.1, 0.15) is 21.5 Å². The summed E-state index contributed by atoms with van der Waals surface area (Å²) in [6, 6.07) is 21.2. The van der Waals surface area contributed by atoms with Gasteiger partial charge in [-0.15, -0.1) is 0 Å². The Kier molecular flexibility index (Phi) is 7.22. The van der Waals surface area contributed by atoms with Crippen molar-refractivity contribution in [3.8, 4) is 5.75 Å². The maximum atomic E-state index is 13.0. The maximum Gasteiger partial charge on any atom is 0.269 e. The van der Waals surface area contributed by atoms with Crippen LogP contribution in [-0.4, -0.2) is 46.8 Å². The molecule has 3 aromatic carbocycles. The van der Waals surface area contributed by atoms with Crippen LogP contribution in [0, 0.1) is 10.1 Å². The van der Waals surface area contributed by atoms with E-state index in [2.05, 4.69) is 4.90 Å². The molecule has 1 fully saturated rings. The van der Waals surface area contributed by atoms with Crippen LogP contribution in [0.2, 0.25) is 5.02 Å². The predicted octanol–water partition coefficient (Wildman–Crippen LogP) is 4.79. The van der Waals surface area contributed by atoms with E-state index in [1.54, 1.807) is 12.1 Å². The first-order valence-electron chi connectivity index (χ1n) is 10.7. The van der Waals surface area contributed by atoms with Crippen molar-refractivity contribution < 1.29 is 14.5 Å². The van der Waals surface area contributed by atoms with Gasteiger partial charge in [-0.3, -0.25) is 19.8 Å². The highest BCUT2D eigenvalue weighted by Crippen LogP contribution is 2.20. The third-order valence-corrected chi connectivity index (χ3v) is 6.01. The summed E-state index contributed by atoms with van der Waals surface area (Å²) in [7, 11) is 0. The molecule has 0 bridgehead atoms. The Morgan fingerprint density at radius 1 is 0.970 bits per heavy atom. The lowest BCUT2D eigenvalue weighted by molar-refractivity contribution is -0.384. The molecule has 33 heavy (non-hydrogen) atoms. The molecule has 1 saturated heterocycles. The monoisotopic (exact) mass is 465 g/mol. The zero-order valence-electron chi connectivity index (χ0n) is 18.0. The highest BCUT2D eigenvalue weighted by atomic mass is 35.5. The summed E-state index contributed by atoms with van der Waals surface area (Å²) in [5, 5.41) is 11.5. The minimum atomic E-state index is -0.449. The van der Waals surface area contributed by atoms with E-state index in [0.717, 1.165) is 35.8 Å². The molecular weight excluding hydrogens is 442 g/mol. The first-order valence-corrected chi connectivity index (χ1v) is 11.1. The number of piperazine rings is 1. The van der Waals surface area contributed by atoms with Crippen LogP contribution in [-0.2, 0) is 13.2 Å². The van der Waals surface area contributed by atoms with Gasteiger partial charge in [-0.05, 0) is 41.5 Å². The molecule has 1 aliphatic rings. The number of carbonyl (C=O) groups excluding carboxylic acids is 1. The minimum absolute atomic E-state index is 0.00424. The largest absolute Gasteiger partial charge is 0.489 e. The molecule has 7 nitrogen and oxygen atoms in total. The van der Waals surface area contributed by atoms with Gasteiger partial charge in [0.1, 0.15) is 12.4 Å². The molecule has 4 rings (SSSR count). The van der Waals surface area contributed by atoms with Crippen molar-refractivity contribution >= 4 is 23.2 Å². The highest BCUT2D eigenvalue weighted by Gasteiger charge is 2.22. The zero-order valence-corrected chi connectivity index (χ0v) is 18.8. The van der Waals surface area contributed by atoms with E-state index >= 15 is 0 Å². The summed E-state index contributed by atoms with van der Waals surface area (Å²) >= 11 is 6.27. The third kappa shape index (κ3) is 5.88. The van der Waals surface area contributed by atoms with E-state index in [9.17, 15) is 14.9 Å². The molecule has 0 radical (unpaired) electrons. The molecule has 3 aromatic rings. The quantitative estimate of drug-likeness (QED) is 0.370. The fraction of sp³-hybridized carbons (Fsp3) is 0.240. The maximum absolute atomic E-state index is 13.0. The van der Waals surface area contributed by atoms with Crippen LogP contribution in [0.25, 0.3) is 0 Å². The molecule has 0 saturated carbocycles. The molecular formula is C25H24ClN3O4. The number of carbonyl (C=O) groups is 1. The van der Waals surface area contributed by atoms with Crippen molar-refractivity contribution in [3.63, 3.8) is 0 Å². The van der Waals surface area contributed by atoms with Gasteiger partial charge in [-0.1, -0.05) is 41.9 Å². The summed E-state index contributed by atoms with van der Waals surface area (Å²) < 4.78 is 5.72. The minimum Gasteiger partial charge on any atom is -0.489 e. The second kappa shape index (κ2) is 10.5. The van der Waals surface area contributed by atoms with Gasteiger partial charge in [0, 0.05) is 55.4 Å². The lowest BCUT2D eigenvalue weighted by atomic mass is 10.1. The topological polar surface area (TPSA) is 75.9 Å². The second-order valence-electron chi connectivity index (χ2n) is 7.90. The number of rotatable bonds is 7. The van der Waals surface area contributed by atoms with Crippen LogP contribution in [0.3, 0.4) is 0 Å². The fourth-order valence-electron chi connectivity index (χ4n) is 3.78. The lowest BCUT2D eigenvalue weighted by Crippen LogP contribution is -2.48. The molecule has 0 atom stereocenters. The Morgan fingerprint density at radius 2 is 1.70 bits per heavy atom. The van der Waals surface area contributed by atoms with Gasteiger partial charge in [0.15, 0.2) is 0 Å². The Bertz CT molecular complexity index is 1130. The molecule has 1 heterocycles. The smallest absolute Gasteiger partial charge is 0.269 e. The van der Waals surface area contributed by atoms with Gasteiger partial charge in [0.25, 0.3) is 11.6 Å². The standard InChI is InChI=1S/C25H24ClN3O4/c26-24-7-2-1-5-21(24)17-27-12-14-28(15-13-27)25(30)20-6-3-4-19(16-20)18-33-23-10-8-22(9-11-23)29(31)32/h1-11,16H,12-15,17-18H2. The number of nitro benzene ring substituents is 1. The van der Waals surface area contributed by atoms with Gasteiger partial charge in [0.2, 0.25) is 0 Å². The molecule has 1 aliphatic heterocycles. The average Bonchev–Trinajstić information content (AvgIpc) is 2.84. The molecule has 0 aliphatic carbocycles. The summed E-state index contributed by atoms with van der Waals surface area (Å²) in [4.78, 5) is 27.5. The van der Waals surface area contributed by atoms with Crippen LogP contribution in [0.15, 0.2) is 72.8 Å². The Morgan fingerprint density at radius 3 is 2.39 bits per heavy atom. The van der Waals surface area contributed by atoms with E-state index in [4.69, 9.17) is 16.3 Å². The normalized spacial score (nSPS) is 14.2. The number of nitro groups is 1. The Hall–Kier alpha value is -3.42. The number of hydrogen-bond acceptors (Lipinski definition) is 5. The van der Waals surface area contributed by atoms with E-state index in [-0.39, 0.29) is 18.2 Å². The van der Waals surface area contributed by atoms with Crippen molar-refractivity contribution in [2.45, 2.75) is 13.2 Å². The number of benzene rings is 3. The average molecular weight is 466 g/mol. The van der Waals surface area contributed by atoms with Crippen molar-refractivity contribution in [3.05, 3.63) is 105 Å². The lowest BCUT2D eigenvalue weighted by Gasteiger charge is -2.35. The van der Waals surface area contributed by atoms with Crippen molar-refractivity contribution in [1.29, 1.82) is 0 Å². The summed E-state index contributed by atoms with van der Waals surface area (Å²) in [5.74, 6) is 0.538. The molecule has 8 heteroatoms. The summed E-state index contributed by atoms with van der Waals surface area (Å²) in [5.41, 5.74) is 2.59. The van der Waals surface area contributed by atoms with Crippen molar-refractivity contribution in [1.82, 2.24) is 9.80 Å². The van der Waals surface area contributed by atoms with Crippen LogP contribution in [0.4, 0.5) is 5.69 Å². The van der Waals surface area contributed by atoms with Crippen molar-refractivity contribution in [2.24, 2.45) is 0 Å². The SMILES string of the molecule is O=C(c1cccc(COc2ccc([N+](=O)[O-])cc2)c1)N1CCN(Cc2ccccc2Cl)CC1. The van der Waals surface area contributed by atoms with Crippen molar-refractivity contribution in [2.75, 3.05) is 26.2 Å². The first-order chi connectivity index (χ1) is 16.0. The number of non-ortho nitro benzene ring substituents is 1. The summed E-state index contributed by atoms with van der Waals surface area (Å²) in [6.45, 7) is 3.95. The predicted molar refractivity (Wildman–Crippen MR) is 127 cm³/mol. The van der Waals surface area contributed by atoms with Crippen LogP contribution in [0.5, 0.6) is 5.75 Å². The van der Waals surface area contributed by atoms with Gasteiger partial charge in [-0.25, -0.2) is 0 Å². The fourth-order valence-corrected chi connectivity index (χ4v) is 3.98. The summed E-state index contributed by atoms with van der Waals surface area (Å²) in [6.07, 6.45) is 0. The molecule has 0 spiro atoms. The third-order valence-electron chi connectivity index (χ3n) is 5.64. The molecule has 1 amide bonds. The highest BCUT2D eigenvalue weighted by molar-refractivity contribution is 6.31. The number of hydrogen-bond donors (Lipinski definition) is 0. The Balaban J connectivity index is 1.31. The molecule has 0 N–H and O–H groups in total. The number of ether oxygens (including phenoxy) is 1. The van der Waals surface area contributed by atoms with E-state index in [1.165, 1.54) is 12.1 Å². The zero-order chi connectivity index (χ0) is 23.2. The van der Waals surface area contributed by atoms with Crippen LogP contribution < -0.4 is 4.74 Å². The molecule has 0 unspecified atom stereocenters. The van der Waals surface area contributed by atoms with Crippen LogP contribution >= 0.6 is 11.6 Å². The molecule has 0 aromatic heterocycles. The molecule has 170 valence electrons. The van der Waals surface area contributed by atoms with E-state index < -0.39 is 4.92 Å². The van der Waals surface area contributed by atoms with Gasteiger partial charge >= 0.3 is 0 Å². The van der Waals surface area contributed by atoms with Gasteiger partial charge < -0.3 is 9.64 Å². The number of halogens is 1. The van der Waals surface area contributed by atoms with E-state index in [1.807, 2.05) is 53.4 Å². The Labute approximate surface area is 197 Å². The first kappa shape index (κ1) is 22.8. The van der Waals surface area contributed by atoms with Gasteiger partial charge in [-0.2, -0.15) is 0 Å². The van der Waals surface area contributed by atoms with E-state index in [0.29, 0.717) is 24.4 Å². The van der Waals surface area contributed by atoms with Gasteiger partial charge in [0.05, 0.1) is 4.92 Å².